The van der Waals surface area contributed by atoms with Crippen LogP contribution in [0.3, 0.4) is 0 Å². The Morgan fingerprint density at radius 2 is 1.93 bits per heavy atom. The van der Waals surface area contributed by atoms with Crippen molar-refractivity contribution in [2.75, 3.05) is 39.3 Å². The number of ether oxygens (including phenoxy) is 1. The molecular weight excluding hydrogens is 469 g/mol. The summed E-state index contributed by atoms with van der Waals surface area (Å²) in [6.45, 7) is 13.5. The molecule has 2 heterocycles. The van der Waals surface area contributed by atoms with Gasteiger partial charge in [0.2, 0.25) is 5.91 Å². The number of hydrogen-bond donors (Lipinski definition) is 3. The molecule has 2 saturated heterocycles. The molecule has 0 radical (unpaired) electrons. The van der Waals surface area contributed by atoms with Crippen LogP contribution < -0.4 is 16.4 Å². The van der Waals surface area contributed by atoms with Crippen LogP contribution in [0.15, 0.2) is 4.99 Å². The first kappa shape index (κ1) is 25.4. The quantitative estimate of drug-likeness (QED) is 0.289. The van der Waals surface area contributed by atoms with Crippen molar-refractivity contribution in [2.24, 2.45) is 22.1 Å². The first-order valence-corrected chi connectivity index (χ1v) is 10.5. The van der Waals surface area contributed by atoms with Gasteiger partial charge in [-0.15, -0.1) is 24.0 Å². The lowest BCUT2D eigenvalue weighted by Crippen LogP contribution is -2.50. The van der Waals surface area contributed by atoms with Gasteiger partial charge in [0.05, 0.1) is 12.6 Å². The van der Waals surface area contributed by atoms with E-state index in [2.05, 4.69) is 43.2 Å². The SMILES string of the molecule is CCNC(=NCC1CCCOC1C(C)(C)C)NC1CCN(CC(N)=O)CC1.I. The number of likely N-dealkylation sites (tertiary alicyclic amines) is 1. The maximum Gasteiger partial charge on any atom is 0.231 e. The number of piperidine rings is 1. The standard InChI is InChI=1S/C20H39N5O2.HI/c1-5-22-19(24-16-8-10-25(11-9-16)14-17(21)26)23-13-15-7-6-12-27-18(15)20(2,3)4;/h15-16,18H,5-14H2,1-4H3,(H2,21,26)(H2,22,23,24);1H. The van der Waals surface area contributed by atoms with Gasteiger partial charge in [-0.2, -0.15) is 0 Å². The zero-order chi connectivity index (χ0) is 19.9. The molecule has 0 aromatic heterocycles. The predicted octanol–water partition coefficient (Wildman–Crippen LogP) is 1.95. The molecule has 2 aliphatic heterocycles. The molecule has 0 spiro atoms. The van der Waals surface area contributed by atoms with E-state index in [1.165, 1.54) is 6.42 Å². The number of nitrogens with two attached hydrogens (primary N) is 1. The van der Waals surface area contributed by atoms with E-state index in [1.807, 2.05) is 0 Å². The van der Waals surface area contributed by atoms with Crippen molar-refractivity contribution in [3.63, 3.8) is 0 Å². The van der Waals surface area contributed by atoms with Crippen molar-refractivity contribution in [3.05, 3.63) is 0 Å². The first-order chi connectivity index (χ1) is 12.8. The Kier molecular flexibility index (Phi) is 11.1. The van der Waals surface area contributed by atoms with Crippen molar-refractivity contribution in [1.29, 1.82) is 0 Å². The van der Waals surface area contributed by atoms with E-state index in [-0.39, 0.29) is 41.4 Å². The molecule has 2 fully saturated rings. The first-order valence-electron chi connectivity index (χ1n) is 10.5. The van der Waals surface area contributed by atoms with Gasteiger partial charge in [-0.25, -0.2) is 0 Å². The highest BCUT2D eigenvalue weighted by Crippen LogP contribution is 2.34. The van der Waals surface area contributed by atoms with Gasteiger partial charge in [0.15, 0.2) is 5.96 Å². The second kappa shape index (κ2) is 12.2. The van der Waals surface area contributed by atoms with E-state index in [4.69, 9.17) is 15.5 Å². The molecule has 0 saturated carbocycles. The average Bonchev–Trinajstić information content (AvgIpc) is 2.60. The summed E-state index contributed by atoms with van der Waals surface area (Å²) in [6.07, 6.45) is 4.55. The van der Waals surface area contributed by atoms with Crippen molar-refractivity contribution in [3.8, 4) is 0 Å². The van der Waals surface area contributed by atoms with Crippen LogP contribution in [0.25, 0.3) is 0 Å². The Bertz CT molecular complexity index is 501. The molecule has 1 amide bonds. The van der Waals surface area contributed by atoms with E-state index >= 15 is 0 Å². The minimum absolute atomic E-state index is 0. The highest BCUT2D eigenvalue weighted by molar-refractivity contribution is 14.0. The van der Waals surface area contributed by atoms with Gasteiger partial charge in [-0.05, 0) is 38.0 Å². The normalized spacial score (nSPS) is 25.1. The van der Waals surface area contributed by atoms with E-state index in [1.54, 1.807) is 0 Å². The molecule has 0 aromatic rings. The van der Waals surface area contributed by atoms with Gasteiger partial charge in [0.25, 0.3) is 0 Å². The third-order valence-corrected chi connectivity index (χ3v) is 5.43. The van der Waals surface area contributed by atoms with Gasteiger partial charge in [0, 0.05) is 44.7 Å². The van der Waals surface area contributed by atoms with Gasteiger partial charge >= 0.3 is 0 Å². The zero-order valence-electron chi connectivity index (χ0n) is 18.0. The smallest absolute Gasteiger partial charge is 0.231 e. The summed E-state index contributed by atoms with van der Waals surface area (Å²) in [5.74, 6) is 1.11. The van der Waals surface area contributed by atoms with E-state index in [0.717, 1.165) is 58.0 Å². The number of nitrogens with one attached hydrogen (secondary N) is 2. The third-order valence-electron chi connectivity index (χ3n) is 5.43. The van der Waals surface area contributed by atoms with Crippen LogP contribution in [0.2, 0.25) is 0 Å². The fourth-order valence-corrected chi connectivity index (χ4v) is 4.17. The van der Waals surface area contributed by atoms with Gasteiger partial charge in [-0.3, -0.25) is 14.7 Å². The monoisotopic (exact) mass is 509 g/mol. The summed E-state index contributed by atoms with van der Waals surface area (Å²) in [7, 11) is 0. The van der Waals surface area contributed by atoms with E-state index in [9.17, 15) is 4.79 Å². The Hall–Kier alpha value is -0.610. The van der Waals surface area contributed by atoms with Crippen LogP contribution >= 0.6 is 24.0 Å². The second-order valence-electron chi connectivity index (χ2n) is 8.94. The van der Waals surface area contributed by atoms with Crippen molar-refractivity contribution >= 4 is 35.8 Å². The van der Waals surface area contributed by atoms with E-state index in [0.29, 0.717) is 18.5 Å². The maximum atomic E-state index is 11.1. The van der Waals surface area contributed by atoms with Crippen LogP contribution in [0.5, 0.6) is 0 Å². The highest BCUT2D eigenvalue weighted by atomic mass is 127. The molecule has 2 aliphatic rings. The molecule has 8 heteroatoms. The van der Waals surface area contributed by atoms with Crippen LogP contribution in [0, 0.1) is 11.3 Å². The zero-order valence-corrected chi connectivity index (χ0v) is 20.3. The topological polar surface area (TPSA) is 92.0 Å². The molecule has 0 aliphatic carbocycles. The second-order valence-corrected chi connectivity index (χ2v) is 8.94. The number of halogens is 1. The molecular formula is C20H40IN5O2. The lowest BCUT2D eigenvalue weighted by atomic mass is 9.78. The summed E-state index contributed by atoms with van der Waals surface area (Å²) in [4.78, 5) is 18.1. The van der Waals surface area contributed by atoms with Crippen molar-refractivity contribution in [2.45, 2.75) is 65.5 Å². The Labute approximate surface area is 187 Å². The molecule has 0 aromatic carbocycles. The number of rotatable bonds is 6. The van der Waals surface area contributed by atoms with Crippen LogP contribution in [0.4, 0.5) is 0 Å². The third kappa shape index (κ3) is 8.41. The van der Waals surface area contributed by atoms with Crippen LogP contribution in [-0.4, -0.2) is 68.2 Å². The molecule has 2 atom stereocenters. The van der Waals surface area contributed by atoms with Crippen LogP contribution in [0.1, 0.15) is 53.4 Å². The molecule has 28 heavy (non-hydrogen) atoms. The summed E-state index contributed by atoms with van der Waals surface area (Å²) < 4.78 is 6.09. The van der Waals surface area contributed by atoms with Crippen LogP contribution in [-0.2, 0) is 9.53 Å². The number of primary amides is 1. The molecule has 2 rings (SSSR count). The maximum absolute atomic E-state index is 11.1. The molecule has 164 valence electrons. The van der Waals surface area contributed by atoms with E-state index < -0.39 is 0 Å². The highest BCUT2D eigenvalue weighted by Gasteiger charge is 2.35. The molecule has 0 bridgehead atoms. The number of amides is 1. The van der Waals surface area contributed by atoms with Gasteiger partial charge in [-0.1, -0.05) is 20.8 Å². The Morgan fingerprint density at radius 3 is 2.50 bits per heavy atom. The number of nitrogens with zero attached hydrogens (tertiary/aromatic N) is 2. The molecule has 4 N–H and O–H groups in total. The van der Waals surface area contributed by atoms with Gasteiger partial charge in [0.1, 0.15) is 0 Å². The van der Waals surface area contributed by atoms with Crippen molar-refractivity contribution in [1.82, 2.24) is 15.5 Å². The fourth-order valence-electron chi connectivity index (χ4n) is 4.17. The summed E-state index contributed by atoms with van der Waals surface area (Å²) in [5, 5.41) is 6.96. The number of hydrogen-bond acceptors (Lipinski definition) is 4. The molecule has 7 nitrogen and oxygen atoms in total. The number of carbonyl (C=O) groups excluding carboxylic acids is 1. The van der Waals surface area contributed by atoms with Crippen molar-refractivity contribution < 1.29 is 9.53 Å². The summed E-state index contributed by atoms with van der Waals surface area (Å²) >= 11 is 0. The lowest BCUT2D eigenvalue weighted by Gasteiger charge is -2.39. The molecule has 2 unspecified atom stereocenters. The number of carbonyl (C=O) groups is 1. The van der Waals surface area contributed by atoms with Gasteiger partial charge < -0.3 is 21.1 Å². The number of aliphatic imine (C=N–C) groups is 1. The minimum Gasteiger partial charge on any atom is -0.377 e. The fraction of sp³-hybridized carbons (Fsp3) is 0.900. The summed E-state index contributed by atoms with van der Waals surface area (Å²) in [5.41, 5.74) is 5.43. The summed E-state index contributed by atoms with van der Waals surface area (Å²) in [6, 6.07) is 0.382. The Morgan fingerprint density at radius 1 is 1.25 bits per heavy atom. The minimum atomic E-state index is -0.251. The number of guanidine groups is 1. The largest absolute Gasteiger partial charge is 0.377 e. The predicted molar refractivity (Wildman–Crippen MR) is 125 cm³/mol. The average molecular weight is 509 g/mol. The lowest BCUT2D eigenvalue weighted by molar-refractivity contribution is -0.119. The Balaban J connectivity index is 0.00000392.